The normalized spacial score (nSPS) is 26.3. The summed E-state index contributed by atoms with van der Waals surface area (Å²) in [5, 5.41) is 0. The SMILES string of the molecule is CO[C@H](C)/C(C)=C\c1nc([C@@H]2C[C@H](CCI)OC(C)(C)O2)co1. The number of halogens is 1. The van der Waals surface area contributed by atoms with Crippen molar-refractivity contribution in [2.75, 3.05) is 11.5 Å². The molecule has 6 heteroatoms. The summed E-state index contributed by atoms with van der Waals surface area (Å²) in [5.74, 6) is -0.0193. The van der Waals surface area contributed by atoms with E-state index in [9.17, 15) is 0 Å². The van der Waals surface area contributed by atoms with Crippen LogP contribution in [-0.2, 0) is 14.2 Å². The van der Waals surface area contributed by atoms with Crippen molar-refractivity contribution in [3.05, 3.63) is 23.4 Å². The second-order valence-corrected chi connectivity index (χ2v) is 7.42. The van der Waals surface area contributed by atoms with Gasteiger partial charge in [0.2, 0.25) is 5.89 Å². The van der Waals surface area contributed by atoms with Gasteiger partial charge >= 0.3 is 0 Å². The summed E-state index contributed by atoms with van der Waals surface area (Å²) in [7, 11) is 1.69. The third-order valence-corrected chi connectivity index (χ3v) is 4.62. The predicted molar refractivity (Wildman–Crippen MR) is 97.5 cm³/mol. The van der Waals surface area contributed by atoms with Crippen LogP contribution in [0.1, 0.15) is 58.2 Å². The quantitative estimate of drug-likeness (QED) is 0.486. The van der Waals surface area contributed by atoms with Gasteiger partial charge in [-0.05, 0) is 39.7 Å². The highest BCUT2D eigenvalue weighted by Gasteiger charge is 2.37. The van der Waals surface area contributed by atoms with E-state index in [4.69, 9.17) is 18.6 Å². The van der Waals surface area contributed by atoms with Gasteiger partial charge in [0, 0.05) is 24.0 Å². The van der Waals surface area contributed by atoms with Crippen LogP contribution in [0, 0.1) is 0 Å². The Bertz CT molecular complexity index is 540. The molecule has 5 nitrogen and oxygen atoms in total. The molecule has 0 saturated carbocycles. The van der Waals surface area contributed by atoms with Gasteiger partial charge in [-0.25, -0.2) is 4.98 Å². The highest BCUT2D eigenvalue weighted by atomic mass is 127. The molecule has 1 aromatic heterocycles. The lowest BCUT2D eigenvalue weighted by atomic mass is 10.0. The van der Waals surface area contributed by atoms with Gasteiger partial charge in [-0.3, -0.25) is 0 Å². The Morgan fingerprint density at radius 2 is 2.26 bits per heavy atom. The Hall–Kier alpha value is -0.440. The van der Waals surface area contributed by atoms with Gasteiger partial charge in [0.15, 0.2) is 5.79 Å². The van der Waals surface area contributed by atoms with E-state index in [-0.39, 0.29) is 18.3 Å². The first kappa shape index (κ1) is 18.9. The maximum atomic E-state index is 6.03. The number of ether oxygens (including phenoxy) is 3. The van der Waals surface area contributed by atoms with E-state index in [1.165, 1.54) is 0 Å². The van der Waals surface area contributed by atoms with Gasteiger partial charge < -0.3 is 18.6 Å². The fourth-order valence-electron chi connectivity index (χ4n) is 2.60. The summed E-state index contributed by atoms with van der Waals surface area (Å²) in [6, 6.07) is 0. The number of nitrogens with zero attached hydrogens (tertiary/aromatic N) is 1. The van der Waals surface area contributed by atoms with Crippen LogP contribution in [0.3, 0.4) is 0 Å². The first-order chi connectivity index (χ1) is 10.8. The molecule has 1 aliphatic rings. The van der Waals surface area contributed by atoms with E-state index in [1.807, 2.05) is 33.8 Å². The Balaban J connectivity index is 2.12. The van der Waals surface area contributed by atoms with Crippen molar-refractivity contribution < 1.29 is 18.6 Å². The van der Waals surface area contributed by atoms with E-state index in [2.05, 4.69) is 27.6 Å². The zero-order valence-electron chi connectivity index (χ0n) is 14.5. The molecule has 1 saturated heterocycles. The van der Waals surface area contributed by atoms with Crippen LogP contribution in [0.5, 0.6) is 0 Å². The first-order valence-electron chi connectivity index (χ1n) is 7.92. The zero-order chi connectivity index (χ0) is 17.0. The van der Waals surface area contributed by atoms with Crippen LogP contribution < -0.4 is 0 Å². The number of hydrogen-bond donors (Lipinski definition) is 0. The molecule has 1 fully saturated rings. The van der Waals surface area contributed by atoms with Gasteiger partial charge in [-0.15, -0.1) is 0 Å². The highest BCUT2D eigenvalue weighted by molar-refractivity contribution is 14.1. The Kier molecular flexibility index (Phi) is 6.65. The molecule has 23 heavy (non-hydrogen) atoms. The molecule has 0 radical (unpaired) electrons. The lowest BCUT2D eigenvalue weighted by molar-refractivity contribution is -0.302. The molecule has 2 rings (SSSR count). The van der Waals surface area contributed by atoms with E-state index < -0.39 is 5.79 Å². The van der Waals surface area contributed by atoms with Crippen molar-refractivity contribution in [3.8, 4) is 0 Å². The topological polar surface area (TPSA) is 53.7 Å². The standard InChI is InChI=1S/C17H26INO4/c1-11(12(2)20-5)8-16-19-14(10-21-16)15-9-13(6-7-18)22-17(3,4)23-15/h8,10,12-13,15H,6-7,9H2,1-5H3/b11-8-/t12-,13+,15+/m1/s1. The molecule has 3 atom stereocenters. The van der Waals surface area contributed by atoms with Crippen LogP contribution in [0.4, 0.5) is 0 Å². The average Bonchev–Trinajstić information content (AvgIpc) is 2.93. The summed E-state index contributed by atoms with van der Waals surface area (Å²) >= 11 is 2.38. The molecule has 0 aromatic carbocycles. The molecule has 0 bridgehead atoms. The minimum Gasteiger partial charge on any atom is -0.445 e. The molecule has 1 aliphatic heterocycles. The molecule has 130 valence electrons. The van der Waals surface area contributed by atoms with Crippen LogP contribution in [0.2, 0.25) is 0 Å². The van der Waals surface area contributed by atoms with Gasteiger partial charge in [0.25, 0.3) is 0 Å². The minimum atomic E-state index is -0.602. The van der Waals surface area contributed by atoms with Crippen molar-refractivity contribution in [2.24, 2.45) is 0 Å². The maximum Gasteiger partial charge on any atom is 0.218 e. The molecule has 0 amide bonds. The summed E-state index contributed by atoms with van der Waals surface area (Å²) in [6.07, 6.45) is 5.53. The monoisotopic (exact) mass is 435 g/mol. The minimum absolute atomic E-state index is 0.0386. The zero-order valence-corrected chi connectivity index (χ0v) is 16.6. The number of aromatic nitrogens is 1. The average molecular weight is 435 g/mol. The number of rotatable bonds is 6. The molecule has 0 aliphatic carbocycles. The largest absolute Gasteiger partial charge is 0.445 e. The summed E-state index contributed by atoms with van der Waals surface area (Å²) < 4.78 is 23.9. The summed E-state index contributed by atoms with van der Waals surface area (Å²) in [5.41, 5.74) is 1.89. The Labute approximate surface area is 151 Å². The Morgan fingerprint density at radius 3 is 2.91 bits per heavy atom. The first-order valence-corrected chi connectivity index (χ1v) is 9.45. The van der Waals surface area contributed by atoms with E-state index in [1.54, 1.807) is 13.4 Å². The van der Waals surface area contributed by atoms with Crippen molar-refractivity contribution in [3.63, 3.8) is 0 Å². The summed E-state index contributed by atoms with van der Waals surface area (Å²) in [6.45, 7) is 7.90. The van der Waals surface area contributed by atoms with E-state index in [0.29, 0.717) is 5.89 Å². The molecule has 1 aromatic rings. The summed E-state index contributed by atoms with van der Waals surface area (Å²) in [4.78, 5) is 4.57. The number of oxazole rings is 1. The van der Waals surface area contributed by atoms with Crippen molar-refractivity contribution in [2.45, 2.75) is 64.6 Å². The van der Waals surface area contributed by atoms with Crippen molar-refractivity contribution in [1.82, 2.24) is 4.98 Å². The van der Waals surface area contributed by atoms with E-state index >= 15 is 0 Å². The fourth-order valence-corrected chi connectivity index (χ4v) is 3.29. The molecular weight excluding hydrogens is 409 g/mol. The second kappa shape index (κ2) is 8.09. The number of hydrogen-bond acceptors (Lipinski definition) is 5. The van der Waals surface area contributed by atoms with Crippen LogP contribution in [-0.4, -0.2) is 34.5 Å². The van der Waals surface area contributed by atoms with Crippen LogP contribution >= 0.6 is 22.6 Å². The third-order valence-electron chi connectivity index (χ3n) is 4.00. The number of alkyl halides is 1. The van der Waals surface area contributed by atoms with Crippen molar-refractivity contribution >= 4 is 28.7 Å². The highest BCUT2D eigenvalue weighted by Crippen LogP contribution is 2.37. The Morgan fingerprint density at radius 1 is 1.52 bits per heavy atom. The van der Waals surface area contributed by atoms with Gasteiger partial charge in [-0.2, -0.15) is 0 Å². The number of methoxy groups -OCH3 is 1. The second-order valence-electron chi connectivity index (χ2n) is 6.34. The van der Waals surface area contributed by atoms with Gasteiger partial charge in [0.1, 0.15) is 18.1 Å². The molecule has 0 unspecified atom stereocenters. The molecule has 2 heterocycles. The van der Waals surface area contributed by atoms with Gasteiger partial charge in [0.05, 0.1) is 12.2 Å². The predicted octanol–water partition coefficient (Wildman–Crippen LogP) is 4.52. The lowest BCUT2D eigenvalue weighted by Gasteiger charge is -2.40. The molecular formula is C17H26INO4. The van der Waals surface area contributed by atoms with Crippen LogP contribution in [0.15, 0.2) is 16.3 Å². The van der Waals surface area contributed by atoms with E-state index in [0.717, 1.165) is 28.5 Å². The van der Waals surface area contributed by atoms with Gasteiger partial charge in [-0.1, -0.05) is 22.6 Å². The van der Waals surface area contributed by atoms with Crippen molar-refractivity contribution in [1.29, 1.82) is 0 Å². The maximum absolute atomic E-state index is 6.03. The van der Waals surface area contributed by atoms with Crippen LogP contribution in [0.25, 0.3) is 6.08 Å². The lowest BCUT2D eigenvalue weighted by Crippen LogP contribution is -2.41. The fraction of sp³-hybridized carbons (Fsp3) is 0.706. The smallest absolute Gasteiger partial charge is 0.218 e. The molecule has 0 N–H and O–H groups in total. The third kappa shape index (κ3) is 5.27. The molecule has 0 spiro atoms.